The zero-order valence-electron chi connectivity index (χ0n) is 13.4. The average Bonchev–Trinajstić information content (AvgIpc) is 2.48. The van der Waals surface area contributed by atoms with E-state index < -0.39 is 0 Å². The summed E-state index contributed by atoms with van der Waals surface area (Å²) in [5.41, 5.74) is 2.10. The second-order valence-corrected chi connectivity index (χ2v) is 6.52. The Morgan fingerprint density at radius 3 is 2.35 bits per heavy atom. The first-order chi connectivity index (χ1) is 9.67. The minimum Gasteiger partial charge on any atom is -0.459 e. The number of esters is 1. The fraction of sp³-hybridized carbons (Fsp3) is 0.833. The first-order valence-electron chi connectivity index (χ1n) is 8.56. The quantitative estimate of drug-likeness (QED) is 0.533. The van der Waals surface area contributed by atoms with Crippen LogP contribution in [0.25, 0.3) is 0 Å². The summed E-state index contributed by atoms with van der Waals surface area (Å²) in [6, 6.07) is 0. The highest BCUT2D eigenvalue weighted by atomic mass is 16.5. The van der Waals surface area contributed by atoms with Gasteiger partial charge in [-0.1, -0.05) is 38.7 Å². The van der Waals surface area contributed by atoms with Crippen LogP contribution in [0.2, 0.25) is 0 Å². The molecule has 0 aromatic carbocycles. The zero-order chi connectivity index (χ0) is 14.5. The Kier molecular flexibility index (Phi) is 5.68. The van der Waals surface area contributed by atoms with Gasteiger partial charge < -0.3 is 4.74 Å². The van der Waals surface area contributed by atoms with Crippen LogP contribution in [0.3, 0.4) is 0 Å². The summed E-state index contributed by atoms with van der Waals surface area (Å²) in [4.78, 5) is 12.4. The number of fused-ring (bicyclic) bond motifs is 1. The second-order valence-electron chi connectivity index (χ2n) is 6.52. The van der Waals surface area contributed by atoms with Crippen molar-refractivity contribution in [2.75, 3.05) is 0 Å². The molecule has 0 aromatic rings. The summed E-state index contributed by atoms with van der Waals surface area (Å²) in [5, 5.41) is 0. The van der Waals surface area contributed by atoms with Crippen LogP contribution < -0.4 is 0 Å². The molecule has 0 N–H and O–H groups in total. The van der Waals surface area contributed by atoms with E-state index in [0.29, 0.717) is 5.92 Å². The van der Waals surface area contributed by atoms with Gasteiger partial charge in [0.15, 0.2) is 0 Å². The number of hydrogen-bond donors (Lipinski definition) is 0. The standard InChI is InChI=1S/C18H30O2/c1-4-14(5-2)13(3)18(19)20-17-12-8-10-15-9-6-7-11-16(15)17/h15-17H,4-12H2,1-3H3. The molecule has 2 nitrogen and oxygen atoms in total. The molecule has 0 aromatic heterocycles. The van der Waals surface area contributed by atoms with E-state index in [1.807, 2.05) is 6.92 Å². The zero-order valence-corrected chi connectivity index (χ0v) is 13.4. The van der Waals surface area contributed by atoms with Crippen molar-refractivity contribution in [2.45, 2.75) is 84.7 Å². The Morgan fingerprint density at radius 1 is 1.00 bits per heavy atom. The molecule has 0 bridgehead atoms. The van der Waals surface area contributed by atoms with Crippen LogP contribution in [-0.2, 0) is 9.53 Å². The normalized spacial score (nSPS) is 29.4. The third-order valence-electron chi connectivity index (χ3n) is 5.46. The summed E-state index contributed by atoms with van der Waals surface area (Å²) in [5.74, 6) is 1.40. The Balaban J connectivity index is 2.01. The minimum atomic E-state index is -0.0556. The molecule has 2 heteroatoms. The highest BCUT2D eigenvalue weighted by Gasteiger charge is 2.37. The lowest BCUT2D eigenvalue weighted by Gasteiger charge is -2.40. The van der Waals surface area contributed by atoms with Gasteiger partial charge in [-0.25, -0.2) is 4.79 Å². The van der Waals surface area contributed by atoms with Crippen molar-refractivity contribution in [3.8, 4) is 0 Å². The molecule has 2 rings (SSSR count). The number of carbonyl (C=O) groups is 1. The number of hydrogen-bond acceptors (Lipinski definition) is 2. The molecule has 2 aliphatic rings. The van der Waals surface area contributed by atoms with Crippen LogP contribution in [-0.4, -0.2) is 12.1 Å². The van der Waals surface area contributed by atoms with E-state index in [1.54, 1.807) is 0 Å². The van der Waals surface area contributed by atoms with Crippen molar-refractivity contribution >= 4 is 5.97 Å². The molecule has 20 heavy (non-hydrogen) atoms. The topological polar surface area (TPSA) is 26.3 Å². The number of rotatable bonds is 4. The van der Waals surface area contributed by atoms with E-state index in [-0.39, 0.29) is 12.1 Å². The van der Waals surface area contributed by atoms with Gasteiger partial charge >= 0.3 is 5.97 Å². The number of ether oxygens (including phenoxy) is 1. The predicted molar refractivity (Wildman–Crippen MR) is 82.5 cm³/mol. The lowest BCUT2D eigenvalue weighted by Crippen LogP contribution is -2.38. The van der Waals surface area contributed by atoms with E-state index in [4.69, 9.17) is 4.74 Å². The third-order valence-corrected chi connectivity index (χ3v) is 5.46. The van der Waals surface area contributed by atoms with E-state index in [0.717, 1.165) is 30.8 Å². The lowest BCUT2D eigenvalue weighted by molar-refractivity contribution is -0.151. The molecule has 3 unspecified atom stereocenters. The summed E-state index contributed by atoms with van der Waals surface area (Å²) in [6.45, 7) is 6.17. The van der Waals surface area contributed by atoms with Crippen LogP contribution in [0.1, 0.15) is 78.6 Å². The predicted octanol–water partition coefficient (Wildman–Crippen LogP) is 5.03. The van der Waals surface area contributed by atoms with Crippen LogP contribution >= 0.6 is 0 Å². The van der Waals surface area contributed by atoms with E-state index in [1.165, 1.54) is 44.1 Å². The summed E-state index contributed by atoms with van der Waals surface area (Å²) in [7, 11) is 0. The van der Waals surface area contributed by atoms with Crippen molar-refractivity contribution in [1.29, 1.82) is 0 Å². The Bertz CT molecular complexity index is 362. The lowest BCUT2D eigenvalue weighted by atomic mass is 9.69. The van der Waals surface area contributed by atoms with Gasteiger partial charge in [-0.3, -0.25) is 0 Å². The second kappa shape index (κ2) is 7.28. The maximum absolute atomic E-state index is 12.4. The van der Waals surface area contributed by atoms with Gasteiger partial charge in [0.25, 0.3) is 0 Å². The molecule has 2 aliphatic carbocycles. The average molecular weight is 278 g/mol. The van der Waals surface area contributed by atoms with Gasteiger partial charge in [0.2, 0.25) is 0 Å². The monoisotopic (exact) mass is 278 g/mol. The number of allylic oxidation sites excluding steroid dienone is 1. The molecule has 3 atom stereocenters. The highest BCUT2D eigenvalue weighted by molar-refractivity contribution is 5.88. The first-order valence-corrected chi connectivity index (χ1v) is 8.56. The molecule has 114 valence electrons. The molecule has 0 amide bonds. The molecular formula is C18H30O2. The molecule has 0 heterocycles. The Morgan fingerprint density at radius 2 is 1.65 bits per heavy atom. The van der Waals surface area contributed by atoms with Crippen LogP contribution in [0.4, 0.5) is 0 Å². The van der Waals surface area contributed by atoms with Gasteiger partial charge in [-0.15, -0.1) is 0 Å². The van der Waals surface area contributed by atoms with Gasteiger partial charge in [-0.05, 0) is 57.3 Å². The highest BCUT2D eigenvalue weighted by Crippen LogP contribution is 2.42. The molecule has 0 radical (unpaired) electrons. The molecule has 0 spiro atoms. The maximum atomic E-state index is 12.4. The van der Waals surface area contributed by atoms with Crippen molar-refractivity contribution in [2.24, 2.45) is 11.8 Å². The fourth-order valence-electron chi connectivity index (χ4n) is 4.18. The van der Waals surface area contributed by atoms with Crippen molar-refractivity contribution < 1.29 is 9.53 Å². The van der Waals surface area contributed by atoms with Gasteiger partial charge in [0, 0.05) is 5.57 Å². The summed E-state index contributed by atoms with van der Waals surface area (Å²) < 4.78 is 5.91. The largest absolute Gasteiger partial charge is 0.459 e. The van der Waals surface area contributed by atoms with Gasteiger partial charge in [0.1, 0.15) is 6.10 Å². The Labute approximate surface area is 124 Å². The van der Waals surface area contributed by atoms with Crippen molar-refractivity contribution in [1.82, 2.24) is 0 Å². The summed E-state index contributed by atoms with van der Waals surface area (Å²) in [6.07, 6.45) is 11.1. The van der Waals surface area contributed by atoms with Crippen molar-refractivity contribution in [3.63, 3.8) is 0 Å². The van der Waals surface area contributed by atoms with Crippen LogP contribution in [0.15, 0.2) is 11.1 Å². The molecule has 0 saturated heterocycles. The van der Waals surface area contributed by atoms with E-state index in [2.05, 4.69) is 13.8 Å². The molecule has 2 fully saturated rings. The van der Waals surface area contributed by atoms with Crippen molar-refractivity contribution in [3.05, 3.63) is 11.1 Å². The maximum Gasteiger partial charge on any atom is 0.333 e. The molecule has 0 aliphatic heterocycles. The van der Waals surface area contributed by atoms with Gasteiger partial charge in [-0.2, -0.15) is 0 Å². The summed E-state index contributed by atoms with van der Waals surface area (Å²) >= 11 is 0. The fourth-order valence-corrected chi connectivity index (χ4v) is 4.18. The van der Waals surface area contributed by atoms with Crippen LogP contribution in [0, 0.1) is 11.8 Å². The first kappa shape index (κ1) is 15.6. The van der Waals surface area contributed by atoms with Crippen LogP contribution in [0.5, 0.6) is 0 Å². The molecular weight excluding hydrogens is 248 g/mol. The molecule has 2 saturated carbocycles. The van der Waals surface area contributed by atoms with E-state index >= 15 is 0 Å². The Hall–Kier alpha value is -0.790. The van der Waals surface area contributed by atoms with E-state index in [9.17, 15) is 4.79 Å². The number of carbonyl (C=O) groups excluding carboxylic acids is 1. The SMILES string of the molecule is CCC(CC)=C(C)C(=O)OC1CCCC2CCCCC21. The van der Waals surface area contributed by atoms with Gasteiger partial charge in [0.05, 0.1) is 0 Å². The minimum absolute atomic E-state index is 0.0556. The smallest absolute Gasteiger partial charge is 0.333 e. The third kappa shape index (κ3) is 3.45.